The highest BCUT2D eigenvalue weighted by atomic mass is 79.9. The van der Waals surface area contributed by atoms with Gasteiger partial charge in [-0.2, -0.15) is 0 Å². The summed E-state index contributed by atoms with van der Waals surface area (Å²) in [5.74, 6) is -0.0347. The van der Waals surface area contributed by atoms with Crippen LogP contribution in [0, 0.1) is 0 Å². The van der Waals surface area contributed by atoms with E-state index >= 15 is 0 Å². The van der Waals surface area contributed by atoms with Crippen molar-refractivity contribution >= 4 is 33.2 Å². The second-order valence-corrected chi connectivity index (χ2v) is 7.25. The van der Waals surface area contributed by atoms with Crippen LogP contribution in [-0.4, -0.2) is 26.8 Å². The largest absolute Gasteiger partial charge is 0.331 e. The normalized spacial score (nSPS) is 15.2. The lowest BCUT2D eigenvalue weighted by atomic mass is 10.1. The molecule has 0 aliphatic carbocycles. The smallest absolute Gasteiger partial charge is 0.240 e. The lowest BCUT2D eigenvalue weighted by Crippen LogP contribution is -2.42. The summed E-state index contributed by atoms with van der Waals surface area (Å²) in [5.41, 5.74) is 7.96. The molecule has 0 unspecified atom stereocenters. The van der Waals surface area contributed by atoms with E-state index in [-0.39, 0.29) is 5.91 Å². The van der Waals surface area contributed by atoms with Gasteiger partial charge in [-0.25, -0.2) is 9.97 Å². The van der Waals surface area contributed by atoms with E-state index in [0.29, 0.717) is 19.5 Å². The van der Waals surface area contributed by atoms with Crippen molar-refractivity contribution in [2.45, 2.75) is 25.6 Å². The second-order valence-electron chi connectivity index (χ2n) is 4.71. The standard InChI is InChI=1S/C13H13BrN4OS/c14-12-2-1-9(20-12)3-10(15)13(19)18-5-8-4-16-7-17-11(8)6-18/h1-2,4,7,10H,3,5-6,15H2/t10-/m1/s1. The monoisotopic (exact) mass is 352 g/mol. The topological polar surface area (TPSA) is 72.1 Å². The van der Waals surface area contributed by atoms with Gasteiger partial charge in [0.05, 0.1) is 22.1 Å². The Morgan fingerprint density at radius 2 is 2.35 bits per heavy atom. The summed E-state index contributed by atoms with van der Waals surface area (Å²) in [6.07, 6.45) is 3.83. The van der Waals surface area contributed by atoms with Gasteiger partial charge in [-0.1, -0.05) is 0 Å². The second kappa shape index (κ2) is 5.59. The molecule has 2 N–H and O–H groups in total. The van der Waals surface area contributed by atoms with Gasteiger partial charge in [-0.15, -0.1) is 11.3 Å². The lowest BCUT2D eigenvalue weighted by molar-refractivity contribution is -0.133. The van der Waals surface area contributed by atoms with Gasteiger partial charge >= 0.3 is 0 Å². The first-order valence-electron chi connectivity index (χ1n) is 6.20. The van der Waals surface area contributed by atoms with Crippen molar-refractivity contribution in [2.24, 2.45) is 5.73 Å². The van der Waals surface area contributed by atoms with Gasteiger partial charge in [0.1, 0.15) is 6.33 Å². The number of nitrogens with zero attached hydrogens (tertiary/aromatic N) is 3. The molecule has 0 radical (unpaired) electrons. The van der Waals surface area contributed by atoms with Crippen LogP contribution >= 0.6 is 27.3 Å². The zero-order valence-corrected chi connectivity index (χ0v) is 13.0. The lowest BCUT2D eigenvalue weighted by Gasteiger charge is -2.19. The molecule has 20 heavy (non-hydrogen) atoms. The minimum atomic E-state index is -0.511. The molecule has 104 valence electrons. The Bertz CT molecular complexity index is 620. The molecule has 3 heterocycles. The van der Waals surface area contributed by atoms with Gasteiger partial charge in [-0.3, -0.25) is 4.79 Å². The molecule has 0 bridgehead atoms. The third kappa shape index (κ3) is 2.74. The number of hydrogen-bond donors (Lipinski definition) is 1. The number of aromatic nitrogens is 2. The summed E-state index contributed by atoms with van der Waals surface area (Å²) < 4.78 is 1.05. The fourth-order valence-electron chi connectivity index (χ4n) is 2.26. The average Bonchev–Trinajstić information content (AvgIpc) is 3.03. The van der Waals surface area contributed by atoms with Crippen molar-refractivity contribution in [3.63, 3.8) is 0 Å². The molecule has 1 aliphatic rings. The minimum absolute atomic E-state index is 0.0347. The first-order chi connectivity index (χ1) is 9.63. The highest BCUT2D eigenvalue weighted by molar-refractivity contribution is 9.11. The number of thiophene rings is 1. The van der Waals surface area contributed by atoms with E-state index in [2.05, 4.69) is 25.9 Å². The van der Waals surface area contributed by atoms with E-state index < -0.39 is 6.04 Å². The molecule has 0 spiro atoms. The zero-order valence-electron chi connectivity index (χ0n) is 10.6. The molecular weight excluding hydrogens is 340 g/mol. The van der Waals surface area contributed by atoms with Crippen molar-refractivity contribution in [2.75, 3.05) is 0 Å². The van der Waals surface area contributed by atoms with Crippen molar-refractivity contribution < 1.29 is 4.79 Å². The molecule has 2 aromatic heterocycles. The van der Waals surface area contributed by atoms with Gasteiger partial charge in [0.25, 0.3) is 0 Å². The molecule has 0 saturated heterocycles. The van der Waals surface area contributed by atoms with Crippen LogP contribution in [0.3, 0.4) is 0 Å². The Balaban J connectivity index is 1.65. The Morgan fingerprint density at radius 1 is 1.50 bits per heavy atom. The van der Waals surface area contributed by atoms with Crippen LogP contribution < -0.4 is 5.73 Å². The number of hydrogen-bond acceptors (Lipinski definition) is 5. The number of carbonyl (C=O) groups is 1. The maximum atomic E-state index is 12.4. The third-order valence-corrected chi connectivity index (χ3v) is 4.91. The number of fused-ring (bicyclic) bond motifs is 1. The molecule has 0 saturated carbocycles. The maximum Gasteiger partial charge on any atom is 0.240 e. The molecule has 0 aromatic carbocycles. The highest BCUT2D eigenvalue weighted by Gasteiger charge is 2.28. The average molecular weight is 353 g/mol. The van der Waals surface area contributed by atoms with Crippen LogP contribution in [0.5, 0.6) is 0 Å². The first-order valence-corrected chi connectivity index (χ1v) is 7.81. The summed E-state index contributed by atoms with van der Waals surface area (Å²) in [7, 11) is 0. The third-order valence-electron chi connectivity index (χ3n) is 3.26. The number of nitrogens with two attached hydrogens (primary N) is 1. The van der Waals surface area contributed by atoms with Crippen LogP contribution in [0.1, 0.15) is 16.1 Å². The van der Waals surface area contributed by atoms with E-state index in [4.69, 9.17) is 5.73 Å². The van der Waals surface area contributed by atoms with Crippen molar-refractivity contribution in [3.05, 3.63) is 44.6 Å². The van der Waals surface area contributed by atoms with Crippen molar-refractivity contribution in [1.82, 2.24) is 14.9 Å². The summed E-state index contributed by atoms with van der Waals surface area (Å²) >= 11 is 5.02. The van der Waals surface area contributed by atoms with Gasteiger partial charge in [0.15, 0.2) is 0 Å². The Hall–Kier alpha value is -1.31. The summed E-state index contributed by atoms with van der Waals surface area (Å²) in [6.45, 7) is 1.08. The predicted octanol–water partition coefficient (Wildman–Crippen LogP) is 1.71. The summed E-state index contributed by atoms with van der Waals surface area (Å²) in [5, 5.41) is 0. The van der Waals surface area contributed by atoms with Crippen molar-refractivity contribution in [1.29, 1.82) is 0 Å². The first kappa shape index (κ1) is 13.7. The Morgan fingerprint density at radius 3 is 3.05 bits per heavy atom. The molecule has 7 heteroatoms. The molecule has 1 amide bonds. The van der Waals surface area contributed by atoms with Crippen LogP contribution in [0.4, 0.5) is 0 Å². The minimum Gasteiger partial charge on any atom is -0.331 e. The molecule has 0 fully saturated rings. The molecule has 2 aromatic rings. The van der Waals surface area contributed by atoms with Gasteiger partial charge < -0.3 is 10.6 Å². The van der Waals surface area contributed by atoms with E-state index in [1.165, 1.54) is 6.33 Å². The van der Waals surface area contributed by atoms with Gasteiger partial charge in [0, 0.05) is 29.6 Å². The molecular formula is C13H13BrN4OS. The summed E-state index contributed by atoms with van der Waals surface area (Å²) in [6, 6.07) is 3.45. The van der Waals surface area contributed by atoms with Crippen LogP contribution in [0.25, 0.3) is 0 Å². The Labute approximate surface area is 129 Å². The van der Waals surface area contributed by atoms with Crippen molar-refractivity contribution in [3.8, 4) is 0 Å². The highest BCUT2D eigenvalue weighted by Crippen LogP contribution is 2.24. The molecule has 5 nitrogen and oxygen atoms in total. The SMILES string of the molecule is N[C@H](Cc1ccc(Br)s1)C(=O)N1Cc2cncnc2C1. The number of amides is 1. The quantitative estimate of drug-likeness (QED) is 0.912. The van der Waals surface area contributed by atoms with E-state index in [9.17, 15) is 4.79 Å². The fourth-order valence-corrected chi connectivity index (χ4v) is 3.80. The molecule has 1 aliphatic heterocycles. The number of rotatable bonds is 3. The fraction of sp³-hybridized carbons (Fsp3) is 0.308. The number of carbonyl (C=O) groups excluding carboxylic acids is 1. The molecule has 3 rings (SSSR count). The van der Waals surface area contributed by atoms with Crippen LogP contribution in [0.15, 0.2) is 28.4 Å². The van der Waals surface area contributed by atoms with E-state index in [0.717, 1.165) is 19.9 Å². The van der Waals surface area contributed by atoms with Crippen LogP contribution in [-0.2, 0) is 24.3 Å². The maximum absolute atomic E-state index is 12.4. The predicted molar refractivity (Wildman–Crippen MR) is 80.0 cm³/mol. The summed E-state index contributed by atoms with van der Waals surface area (Å²) in [4.78, 5) is 23.4. The molecule has 1 atom stereocenters. The Kier molecular flexibility index (Phi) is 3.82. The van der Waals surface area contributed by atoms with E-state index in [1.54, 1.807) is 22.4 Å². The van der Waals surface area contributed by atoms with Crippen LogP contribution in [0.2, 0.25) is 0 Å². The number of halogens is 1. The van der Waals surface area contributed by atoms with Gasteiger partial charge in [-0.05, 0) is 28.1 Å². The van der Waals surface area contributed by atoms with E-state index in [1.807, 2.05) is 12.1 Å². The van der Waals surface area contributed by atoms with Gasteiger partial charge in [0.2, 0.25) is 5.91 Å². The zero-order chi connectivity index (χ0) is 14.1.